The average molecular weight is 377 g/mol. The Morgan fingerprint density at radius 3 is 2.04 bits per heavy atom. The molecule has 1 atom stereocenters. The molecule has 138 valence electrons. The fraction of sp³-hybridized carbons (Fsp3) is 0.300. The number of ketones is 1. The molecule has 0 radical (unpaired) electrons. The van der Waals surface area contributed by atoms with Gasteiger partial charge in [-0.25, -0.2) is 4.79 Å². The first-order chi connectivity index (χ1) is 12.5. The number of hydrogen-bond donors (Lipinski definition) is 0. The second-order valence-corrected chi connectivity index (χ2v) is 5.84. The molecule has 2 aromatic rings. The summed E-state index contributed by atoms with van der Waals surface area (Å²) in [6, 6.07) is 13.7. The minimum absolute atomic E-state index is 0.0654. The lowest BCUT2D eigenvalue weighted by Gasteiger charge is -2.15. The van der Waals surface area contributed by atoms with E-state index in [1.165, 1.54) is 0 Å². The molecule has 0 aliphatic rings. The molecular weight excluding hydrogens is 356 g/mol. The van der Waals surface area contributed by atoms with Gasteiger partial charge in [-0.05, 0) is 62.4 Å². The Balaban J connectivity index is 2.00. The van der Waals surface area contributed by atoms with Crippen molar-refractivity contribution in [3.63, 3.8) is 0 Å². The van der Waals surface area contributed by atoms with Crippen LogP contribution in [0.3, 0.4) is 0 Å². The van der Waals surface area contributed by atoms with Crippen molar-refractivity contribution in [3.05, 3.63) is 59.1 Å². The zero-order chi connectivity index (χ0) is 18.9. The average Bonchev–Trinajstić information content (AvgIpc) is 2.64. The lowest BCUT2D eigenvalue weighted by Crippen LogP contribution is -2.29. The van der Waals surface area contributed by atoms with Crippen molar-refractivity contribution in [1.29, 1.82) is 0 Å². The van der Waals surface area contributed by atoms with Crippen LogP contribution in [0.4, 0.5) is 0 Å². The molecule has 0 heterocycles. The standard InChI is InChI=1S/C20H21ClO5/c1-3-24-19(20(23)25-4-2)13-18(22)14-5-9-16(10-6-14)26-17-11-7-15(21)8-12-17/h5-12,19H,3-4,13H2,1-2H3. The van der Waals surface area contributed by atoms with Gasteiger partial charge in [0.25, 0.3) is 0 Å². The second-order valence-electron chi connectivity index (χ2n) is 5.40. The minimum atomic E-state index is -0.891. The van der Waals surface area contributed by atoms with E-state index in [0.717, 1.165) is 0 Å². The van der Waals surface area contributed by atoms with Gasteiger partial charge in [-0.1, -0.05) is 11.6 Å². The summed E-state index contributed by atoms with van der Waals surface area (Å²) in [4.78, 5) is 24.3. The van der Waals surface area contributed by atoms with Gasteiger partial charge in [0.15, 0.2) is 11.9 Å². The Morgan fingerprint density at radius 1 is 0.923 bits per heavy atom. The summed E-state index contributed by atoms with van der Waals surface area (Å²) >= 11 is 5.84. The van der Waals surface area contributed by atoms with E-state index < -0.39 is 12.1 Å². The molecule has 2 rings (SSSR count). The first-order valence-corrected chi connectivity index (χ1v) is 8.76. The first-order valence-electron chi connectivity index (χ1n) is 8.38. The third-order valence-electron chi connectivity index (χ3n) is 3.51. The fourth-order valence-corrected chi connectivity index (χ4v) is 2.41. The van der Waals surface area contributed by atoms with Crippen LogP contribution < -0.4 is 4.74 Å². The van der Waals surface area contributed by atoms with E-state index in [-0.39, 0.29) is 18.8 Å². The van der Waals surface area contributed by atoms with Gasteiger partial charge in [0.2, 0.25) is 0 Å². The molecule has 0 spiro atoms. The van der Waals surface area contributed by atoms with Gasteiger partial charge >= 0.3 is 5.97 Å². The van der Waals surface area contributed by atoms with Crippen molar-refractivity contribution >= 4 is 23.4 Å². The highest BCUT2D eigenvalue weighted by molar-refractivity contribution is 6.30. The van der Waals surface area contributed by atoms with Crippen LogP contribution in [-0.4, -0.2) is 31.1 Å². The summed E-state index contributed by atoms with van der Waals surface area (Å²) in [7, 11) is 0. The number of esters is 1. The smallest absolute Gasteiger partial charge is 0.335 e. The number of Topliss-reactive ketones (excluding diaryl/α,β-unsaturated/α-hetero) is 1. The molecule has 0 aliphatic heterocycles. The topological polar surface area (TPSA) is 61.8 Å². The van der Waals surface area contributed by atoms with E-state index in [1.54, 1.807) is 62.4 Å². The van der Waals surface area contributed by atoms with Crippen molar-refractivity contribution < 1.29 is 23.8 Å². The first kappa shape index (κ1) is 19.9. The van der Waals surface area contributed by atoms with Crippen LogP contribution in [0.2, 0.25) is 5.02 Å². The third-order valence-corrected chi connectivity index (χ3v) is 3.77. The van der Waals surface area contributed by atoms with Crippen LogP contribution in [0.15, 0.2) is 48.5 Å². The Bertz CT molecular complexity index is 725. The SMILES string of the molecule is CCOC(=O)C(CC(=O)c1ccc(Oc2ccc(Cl)cc2)cc1)OCC. The van der Waals surface area contributed by atoms with Crippen molar-refractivity contribution in [1.82, 2.24) is 0 Å². The Labute approximate surface area is 157 Å². The zero-order valence-corrected chi connectivity index (χ0v) is 15.5. The molecule has 0 bridgehead atoms. The van der Waals surface area contributed by atoms with Crippen molar-refractivity contribution in [2.75, 3.05) is 13.2 Å². The quantitative estimate of drug-likeness (QED) is 0.470. The number of carbonyl (C=O) groups excluding carboxylic acids is 2. The number of halogens is 1. The van der Waals surface area contributed by atoms with Crippen molar-refractivity contribution in [2.24, 2.45) is 0 Å². The summed E-state index contributed by atoms with van der Waals surface area (Å²) in [5, 5.41) is 0.628. The van der Waals surface area contributed by atoms with Gasteiger partial charge in [0.1, 0.15) is 11.5 Å². The zero-order valence-electron chi connectivity index (χ0n) is 14.7. The van der Waals surface area contributed by atoms with Crippen LogP contribution in [0.1, 0.15) is 30.6 Å². The Hall–Kier alpha value is -2.37. The lowest BCUT2D eigenvalue weighted by molar-refractivity contribution is -0.156. The van der Waals surface area contributed by atoms with Gasteiger partial charge in [-0.3, -0.25) is 4.79 Å². The summed E-state index contributed by atoms with van der Waals surface area (Å²) in [5.74, 6) is 0.516. The number of ether oxygens (including phenoxy) is 3. The summed E-state index contributed by atoms with van der Waals surface area (Å²) < 4.78 is 16.0. The van der Waals surface area contributed by atoms with Gasteiger partial charge in [-0.15, -0.1) is 0 Å². The van der Waals surface area contributed by atoms with E-state index in [9.17, 15) is 9.59 Å². The minimum Gasteiger partial charge on any atom is -0.464 e. The number of carbonyl (C=O) groups is 2. The molecule has 0 amide bonds. The molecule has 0 aromatic heterocycles. The highest BCUT2D eigenvalue weighted by Gasteiger charge is 2.24. The normalized spacial score (nSPS) is 11.7. The van der Waals surface area contributed by atoms with E-state index >= 15 is 0 Å². The molecule has 0 saturated carbocycles. The van der Waals surface area contributed by atoms with E-state index in [1.807, 2.05) is 0 Å². The lowest BCUT2D eigenvalue weighted by atomic mass is 10.0. The highest BCUT2D eigenvalue weighted by atomic mass is 35.5. The maximum absolute atomic E-state index is 12.4. The summed E-state index contributed by atoms with van der Waals surface area (Å²) in [6.45, 7) is 4.04. The molecule has 0 aliphatic carbocycles. The molecule has 1 unspecified atom stereocenters. The predicted molar refractivity (Wildman–Crippen MR) is 99.0 cm³/mol. The molecule has 5 nitrogen and oxygen atoms in total. The molecular formula is C20H21ClO5. The number of benzene rings is 2. The van der Waals surface area contributed by atoms with Crippen molar-refractivity contribution in [2.45, 2.75) is 26.4 Å². The molecule has 6 heteroatoms. The largest absolute Gasteiger partial charge is 0.464 e. The molecule has 0 fully saturated rings. The maximum atomic E-state index is 12.4. The van der Waals surface area contributed by atoms with Gasteiger partial charge in [0.05, 0.1) is 6.61 Å². The molecule has 0 N–H and O–H groups in total. The van der Waals surface area contributed by atoms with Crippen LogP contribution in [0.5, 0.6) is 11.5 Å². The van der Waals surface area contributed by atoms with Gasteiger partial charge in [-0.2, -0.15) is 0 Å². The Morgan fingerprint density at radius 2 is 1.50 bits per heavy atom. The molecule has 0 saturated heterocycles. The molecule has 2 aromatic carbocycles. The van der Waals surface area contributed by atoms with Crippen molar-refractivity contribution in [3.8, 4) is 11.5 Å². The van der Waals surface area contributed by atoms with Crippen LogP contribution in [0, 0.1) is 0 Å². The van der Waals surface area contributed by atoms with E-state index in [2.05, 4.69) is 0 Å². The fourth-order valence-electron chi connectivity index (χ4n) is 2.28. The van der Waals surface area contributed by atoms with Crippen LogP contribution in [0.25, 0.3) is 0 Å². The monoisotopic (exact) mass is 376 g/mol. The summed E-state index contributed by atoms with van der Waals surface area (Å²) in [6.07, 6.45) is -0.957. The van der Waals surface area contributed by atoms with E-state index in [0.29, 0.717) is 28.7 Å². The third kappa shape index (κ3) is 5.86. The van der Waals surface area contributed by atoms with Crippen LogP contribution >= 0.6 is 11.6 Å². The van der Waals surface area contributed by atoms with Crippen LogP contribution in [-0.2, 0) is 14.3 Å². The highest BCUT2D eigenvalue weighted by Crippen LogP contribution is 2.23. The van der Waals surface area contributed by atoms with Gasteiger partial charge in [0, 0.05) is 23.6 Å². The number of rotatable bonds is 9. The maximum Gasteiger partial charge on any atom is 0.335 e. The van der Waals surface area contributed by atoms with E-state index in [4.69, 9.17) is 25.8 Å². The number of hydrogen-bond acceptors (Lipinski definition) is 5. The summed E-state index contributed by atoms with van der Waals surface area (Å²) in [5.41, 5.74) is 0.474. The second kappa shape index (κ2) is 9.94. The van der Waals surface area contributed by atoms with Gasteiger partial charge < -0.3 is 14.2 Å². The molecule has 26 heavy (non-hydrogen) atoms. The predicted octanol–water partition coefficient (Wildman–Crippen LogP) is 4.67. The Kier molecular flexibility index (Phi) is 7.63.